The molecule has 0 spiro atoms. The standard InChI is InChI=1S/C16H21N3O/c1-12(8-7-11-15-9-5-4-6-10-15)19-13(2)16(14(3)20)17-18-19/h4-6,9-10,12H,7-8,11H2,1-3H3. The molecule has 0 aliphatic rings. The Kier molecular flexibility index (Phi) is 4.66. The molecule has 0 bridgehead atoms. The highest BCUT2D eigenvalue weighted by Gasteiger charge is 2.16. The van der Waals surface area contributed by atoms with Crippen molar-refractivity contribution < 1.29 is 4.79 Å². The lowest BCUT2D eigenvalue weighted by atomic mass is 10.1. The number of ketones is 1. The molecule has 0 amide bonds. The molecule has 0 aliphatic carbocycles. The van der Waals surface area contributed by atoms with E-state index in [9.17, 15) is 4.79 Å². The van der Waals surface area contributed by atoms with E-state index in [-0.39, 0.29) is 11.8 Å². The van der Waals surface area contributed by atoms with Crippen molar-refractivity contribution in [2.45, 2.75) is 46.1 Å². The molecule has 0 saturated heterocycles. The number of hydrogen-bond acceptors (Lipinski definition) is 3. The van der Waals surface area contributed by atoms with Crippen molar-refractivity contribution in [3.63, 3.8) is 0 Å². The molecular formula is C16H21N3O. The van der Waals surface area contributed by atoms with Crippen molar-refractivity contribution in [1.29, 1.82) is 0 Å². The quantitative estimate of drug-likeness (QED) is 0.757. The number of benzene rings is 1. The van der Waals surface area contributed by atoms with Gasteiger partial charge in [0.25, 0.3) is 0 Å². The summed E-state index contributed by atoms with van der Waals surface area (Å²) in [5.41, 5.74) is 2.71. The molecule has 106 valence electrons. The number of nitrogens with zero attached hydrogens (tertiary/aromatic N) is 3. The van der Waals surface area contributed by atoms with Crippen molar-refractivity contribution in [2.75, 3.05) is 0 Å². The minimum Gasteiger partial charge on any atom is -0.293 e. The highest BCUT2D eigenvalue weighted by atomic mass is 16.1. The van der Waals surface area contributed by atoms with E-state index in [0.29, 0.717) is 5.69 Å². The van der Waals surface area contributed by atoms with Crippen LogP contribution in [0.2, 0.25) is 0 Å². The molecule has 0 fully saturated rings. The van der Waals surface area contributed by atoms with Gasteiger partial charge < -0.3 is 0 Å². The molecule has 0 radical (unpaired) electrons. The fraction of sp³-hybridized carbons (Fsp3) is 0.438. The lowest BCUT2D eigenvalue weighted by molar-refractivity contribution is 0.101. The second kappa shape index (κ2) is 6.46. The fourth-order valence-electron chi connectivity index (χ4n) is 2.45. The molecule has 0 saturated carbocycles. The summed E-state index contributed by atoms with van der Waals surface area (Å²) < 4.78 is 1.86. The topological polar surface area (TPSA) is 47.8 Å². The van der Waals surface area contributed by atoms with E-state index in [4.69, 9.17) is 0 Å². The molecule has 1 aromatic carbocycles. The Balaban J connectivity index is 1.92. The van der Waals surface area contributed by atoms with Crippen molar-refractivity contribution in [3.05, 3.63) is 47.3 Å². The summed E-state index contributed by atoms with van der Waals surface area (Å²) in [5.74, 6) is -0.0229. The highest BCUT2D eigenvalue weighted by molar-refractivity contribution is 5.92. The van der Waals surface area contributed by atoms with Crippen LogP contribution in [0.25, 0.3) is 0 Å². The molecule has 2 rings (SSSR count). The summed E-state index contributed by atoms with van der Waals surface area (Å²) in [7, 11) is 0. The molecular weight excluding hydrogens is 250 g/mol. The van der Waals surface area contributed by atoms with E-state index in [1.165, 1.54) is 12.5 Å². The van der Waals surface area contributed by atoms with Crippen LogP contribution in [0, 0.1) is 6.92 Å². The van der Waals surface area contributed by atoms with Gasteiger partial charge >= 0.3 is 0 Å². The first kappa shape index (κ1) is 14.4. The van der Waals surface area contributed by atoms with Gasteiger partial charge in [0.15, 0.2) is 11.5 Å². The van der Waals surface area contributed by atoms with E-state index in [1.54, 1.807) is 0 Å². The second-order valence-corrected chi connectivity index (χ2v) is 5.25. The lowest BCUT2D eigenvalue weighted by Gasteiger charge is -2.13. The molecule has 20 heavy (non-hydrogen) atoms. The van der Waals surface area contributed by atoms with Crippen molar-refractivity contribution in [2.24, 2.45) is 0 Å². The first-order valence-corrected chi connectivity index (χ1v) is 7.06. The number of rotatable bonds is 6. The van der Waals surface area contributed by atoms with E-state index >= 15 is 0 Å². The van der Waals surface area contributed by atoms with Crippen molar-refractivity contribution >= 4 is 5.78 Å². The first-order chi connectivity index (χ1) is 9.59. The molecule has 0 aliphatic heterocycles. The van der Waals surface area contributed by atoms with Gasteiger partial charge in [-0.3, -0.25) is 4.79 Å². The predicted octanol–water partition coefficient (Wildman–Crippen LogP) is 3.37. The second-order valence-electron chi connectivity index (χ2n) is 5.25. The monoisotopic (exact) mass is 271 g/mol. The Labute approximate surface area is 119 Å². The van der Waals surface area contributed by atoms with Gasteiger partial charge in [-0.05, 0) is 38.7 Å². The molecule has 4 heteroatoms. The Morgan fingerprint density at radius 2 is 2.00 bits per heavy atom. The van der Waals surface area contributed by atoms with Crippen LogP contribution in [0.5, 0.6) is 0 Å². The minimum atomic E-state index is -0.0229. The van der Waals surface area contributed by atoms with Gasteiger partial charge in [-0.1, -0.05) is 35.5 Å². The van der Waals surface area contributed by atoms with Gasteiger partial charge in [-0.15, -0.1) is 5.10 Å². The maximum atomic E-state index is 11.4. The van der Waals surface area contributed by atoms with Crippen LogP contribution in [-0.4, -0.2) is 20.8 Å². The van der Waals surface area contributed by atoms with Gasteiger partial charge in [0, 0.05) is 6.92 Å². The van der Waals surface area contributed by atoms with Crippen molar-refractivity contribution in [1.82, 2.24) is 15.0 Å². The van der Waals surface area contributed by atoms with Gasteiger partial charge in [-0.25, -0.2) is 4.68 Å². The zero-order chi connectivity index (χ0) is 14.5. The minimum absolute atomic E-state index is 0.0229. The van der Waals surface area contributed by atoms with Crippen molar-refractivity contribution in [3.8, 4) is 0 Å². The van der Waals surface area contributed by atoms with E-state index in [0.717, 1.165) is 25.0 Å². The number of aromatic nitrogens is 3. The Hall–Kier alpha value is -1.97. The van der Waals surface area contributed by atoms with E-state index in [2.05, 4.69) is 41.5 Å². The van der Waals surface area contributed by atoms with Crippen LogP contribution in [0.15, 0.2) is 30.3 Å². The summed E-state index contributed by atoms with van der Waals surface area (Å²) in [6.45, 7) is 5.56. The fourth-order valence-corrected chi connectivity index (χ4v) is 2.45. The predicted molar refractivity (Wildman–Crippen MR) is 78.9 cm³/mol. The number of Topliss-reactive ketones (excluding diaryl/α,β-unsaturated/α-hetero) is 1. The largest absolute Gasteiger partial charge is 0.293 e. The summed E-state index contributed by atoms with van der Waals surface area (Å²) in [6, 6.07) is 10.7. The molecule has 1 heterocycles. The third kappa shape index (κ3) is 3.32. The molecule has 4 nitrogen and oxygen atoms in total. The van der Waals surface area contributed by atoms with Crippen LogP contribution in [0.1, 0.15) is 54.5 Å². The molecule has 0 N–H and O–H groups in total. The molecule has 1 atom stereocenters. The Morgan fingerprint density at radius 3 is 2.60 bits per heavy atom. The van der Waals surface area contributed by atoms with Crippen LogP contribution in [-0.2, 0) is 6.42 Å². The van der Waals surface area contributed by atoms with Gasteiger partial charge in [0.05, 0.1) is 11.7 Å². The summed E-state index contributed by atoms with van der Waals surface area (Å²) in [5, 5.41) is 8.07. The maximum absolute atomic E-state index is 11.4. The maximum Gasteiger partial charge on any atom is 0.181 e. The average Bonchev–Trinajstić information content (AvgIpc) is 2.82. The third-order valence-electron chi connectivity index (χ3n) is 3.61. The lowest BCUT2D eigenvalue weighted by Crippen LogP contribution is -2.10. The van der Waals surface area contributed by atoms with E-state index in [1.807, 2.05) is 17.7 Å². The molecule has 1 aromatic heterocycles. The van der Waals surface area contributed by atoms with Gasteiger partial charge in [-0.2, -0.15) is 0 Å². The van der Waals surface area contributed by atoms with Crippen LogP contribution < -0.4 is 0 Å². The number of aryl methyl sites for hydroxylation is 1. The number of hydrogen-bond donors (Lipinski definition) is 0. The number of carbonyl (C=O) groups excluding carboxylic acids is 1. The highest BCUT2D eigenvalue weighted by Crippen LogP contribution is 2.17. The van der Waals surface area contributed by atoms with Gasteiger partial charge in [0.2, 0.25) is 0 Å². The third-order valence-corrected chi connectivity index (χ3v) is 3.61. The zero-order valence-electron chi connectivity index (χ0n) is 12.3. The summed E-state index contributed by atoms with van der Waals surface area (Å²) in [4.78, 5) is 11.4. The van der Waals surface area contributed by atoms with Crippen LogP contribution in [0.3, 0.4) is 0 Å². The summed E-state index contributed by atoms with van der Waals surface area (Å²) in [6.07, 6.45) is 3.19. The average molecular weight is 271 g/mol. The zero-order valence-corrected chi connectivity index (χ0v) is 12.3. The number of carbonyl (C=O) groups is 1. The smallest absolute Gasteiger partial charge is 0.181 e. The molecule has 1 unspecified atom stereocenters. The normalized spacial score (nSPS) is 12.3. The molecule has 2 aromatic rings. The Bertz CT molecular complexity index is 575. The van der Waals surface area contributed by atoms with E-state index < -0.39 is 0 Å². The SMILES string of the molecule is CC(=O)c1nnn(C(C)CCCc2ccccc2)c1C. The first-order valence-electron chi connectivity index (χ1n) is 7.06. The summed E-state index contributed by atoms with van der Waals surface area (Å²) >= 11 is 0. The van der Waals surface area contributed by atoms with Gasteiger partial charge in [0.1, 0.15) is 0 Å². The Morgan fingerprint density at radius 1 is 1.30 bits per heavy atom. The van der Waals surface area contributed by atoms with Crippen LogP contribution in [0.4, 0.5) is 0 Å². The van der Waals surface area contributed by atoms with Crippen LogP contribution >= 0.6 is 0 Å².